The van der Waals surface area contributed by atoms with Gasteiger partial charge in [0, 0.05) is 22.1 Å². The molecule has 0 unspecified atom stereocenters. The van der Waals surface area contributed by atoms with E-state index in [0.29, 0.717) is 12.3 Å². The Balaban J connectivity index is 1.30. The van der Waals surface area contributed by atoms with Crippen LogP contribution in [0.2, 0.25) is 0 Å². The number of hydrogen-bond acceptors (Lipinski definition) is 4. The number of nitrogens with one attached hydrogen (secondary N) is 2. The number of carbonyl (C=O) groups is 2. The van der Waals surface area contributed by atoms with Crippen molar-refractivity contribution in [3.8, 4) is 0 Å². The molecule has 35 heavy (non-hydrogen) atoms. The fourth-order valence-corrected chi connectivity index (χ4v) is 4.25. The van der Waals surface area contributed by atoms with Crippen LogP contribution >= 0.6 is 0 Å². The Morgan fingerprint density at radius 1 is 0.629 bits per heavy atom. The summed E-state index contributed by atoms with van der Waals surface area (Å²) < 4.78 is 5.47. The van der Waals surface area contributed by atoms with E-state index in [0.717, 1.165) is 32.9 Å². The minimum Gasteiger partial charge on any atom is -0.468 e. The lowest BCUT2D eigenvalue weighted by Crippen LogP contribution is -2.38. The second-order valence-electron chi connectivity index (χ2n) is 8.37. The zero-order chi connectivity index (χ0) is 24.0. The van der Waals surface area contributed by atoms with Crippen molar-refractivity contribution in [3.63, 3.8) is 0 Å². The van der Waals surface area contributed by atoms with Crippen LogP contribution in [0, 0.1) is 0 Å². The SMILES string of the molecule is O=C(CN(CC(=O)Nc1cccc2ccccc12)Cc1ccco1)Nc1cccc2ccccc12. The molecule has 1 aromatic heterocycles. The van der Waals surface area contributed by atoms with E-state index in [1.54, 1.807) is 17.2 Å². The number of fused-ring (bicyclic) bond motifs is 2. The lowest BCUT2D eigenvalue weighted by molar-refractivity contribution is -0.120. The van der Waals surface area contributed by atoms with Crippen molar-refractivity contribution < 1.29 is 14.0 Å². The minimum atomic E-state index is -0.203. The molecule has 0 aliphatic carbocycles. The molecule has 0 bridgehead atoms. The molecule has 2 amide bonds. The van der Waals surface area contributed by atoms with Gasteiger partial charge in [0.15, 0.2) is 0 Å². The van der Waals surface area contributed by atoms with E-state index in [1.807, 2.05) is 91.0 Å². The first-order valence-corrected chi connectivity index (χ1v) is 11.5. The third-order valence-corrected chi connectivity index (χ3v) is 5.82. The number of nitrogens with zero attached hydrogens (tertiary/aromatic N) is 1. The smallest absolute Gasteiger partial charge is 0.238 e. The third-order valence-electron chi connectivity index (χ3n) is 5.82. The second-order valence-corrected chi connectivity index (χ2v) is 8.37. The Kier molecular flexibility index (Phi) is 6.55. The number of carbonyl (C=O) groups excluding carboxylic acids is 2. The summed E-state index contributed by atoms with van der Waals surface area (Å²) in [4.78, 5) is 27.8. The maximum absolute atomic E-state index is 13.0. The van der Waals surface area contributed by atoms with E-state index in [1.165, 1.54) is 0 Å². The van der Waals surface area contributed by atoms with E-state index in [-0.39, 0.29) is 24.9 Å². The van der Waals surface area contributed by atoms with Crippen molar-refractivity contribution in [2.45, 2.75) is 6.54 Å². The lowest BCUT2D eigenvalue weighted by atomic mass is 10.1. The van der Waals surface area contributed by atoms with Gasteiger partial charge in [-0.25, -0.2) is 0 Å². The highest BCUT2D eigenvalue weighted by Crippen LogP contribution is 2.24. The zero-order valence-electron chi connectivity index (χ0n) is 19.1. The fraction of sp³-hybridized carbons (Fsp3) is 0.103. The van der Waals surface area contributed by atoms with Crippen LogP contribution in [-0.4, -0.2) is 29.8 Å². The molecule has 5 aromatic rings. The summed E-state index contributed by atoms with van der Waals surface area (Å²) in [6.07, 6.45) is 1.58. The molecule has 6 nitrogen and oxygen atoms in total. The predicted octanol–water partition coefficient (Wildman–Crippen LogP) is 5.67. The van der Waals surface area contributed by atoms with Gasteiger partial charge in [-0.05, 0) is 35.0 Å². The van der Waals surface area contributed by atoms with Gasteiger partial charge in [0.2, 0.25) is 11.8 Å². The molecule has 0 fully saturated rings. The number of rotatable bonds is 8. The van der Waals surface area contributed by atoms with Gasteiger partial charge in [0.1, 0.15) is 5.76 Å². The molecule has 0 aliphatic heterocycles. The monoisotopic (exact) mass is 463 g/mol. The molecule has 0 radical (unpaired) electrons. The summed E-state index contributed by atoms with van der Waals surface area (Å²) in [5, 5.41) is 10.0. The van der Waals surface area contributed by atoms with Crippen LogP contribution in [0.5, 0.6) is 0 Å². The predicted molar refractivity (Wildman–Crippen MR) is 139 cm³/mol. The van der Waals surface area contributed by atoms with Crippen LogP contribution in [0.25, 0.3) is 21.5 Å². The Bertz CT molecular complexity index is 1370. The van der Waals surface area contributed by atoms with Crippen LogP contribution in [-0.2, 0) is 16.1 Å². The number of anilines is 2. The van der Waals surface area contributed by atoms with Gasteiger partial charge in [-0.3, -0.25) is 14.5 Å². The second kappa shape index (κ2) is 10.2. The van der Waals surface area contributed by atoms with Crippen molar-refractivity contribution in [2.75, 3.05) is 23.7 Å². The summed E-state index contributed by atoms with van der Waals surface area (Å²) >= 11 is 0. The van der Waals surface area contributed by atoms with E-state index in [2.05, 4.69) is 10.6 Å². The van der Waals surface area contributed by atoms with Gasteiger partial charge < -0.3 is 15.1 Å². The average Bonchev–Trinajstić information content (AvgIpc) is 3.37. The molecule has 1 heterocycles. The van der Waals surface area contributed by atoms with E-state index in [4.69, 9.17) is 4.42 Å². The molecular weight excluding hydrogens is 438 g/mol. The number of hydrogen-bond donors (Lipinski definition) is 2. The molecule has 0 saturated heterocycles. The van der Waals surface area contributed by atoms with E-state index < -0.39 is 0 Å². The van der Waals surface area contributed by atoms with Crippen molar-refractivity contribution in [1.29, 1.82) is 0 Å². The van der Waals surface area contributed by atoms with Crippen LogP contribution < -0.4 is 10.6 Å². The zero-order valence-corrected chi connectivity index (χ0v) is 19.1. The lowest BCUT2D eigenvalue weighted by Gasteiger charge is -2.21. The normalized spacial score (nSPS) is 11.1. The van der Waals surface area contributed by atoms with Crippen molar-refractivity contribution >= 4 is 44.7 Å². The summed E-state index contributed by atoms with van der Waals surface area (Å²) in [5.74, 6) is 0.276. The summed E-state index contributed by atoms with van der Waals surface area (Å²) in [7, 11) is 0. The molecule has 0 aliphatic rings. The highest BCUT2D eigenvalue weighted by molar-refractivity contribution is 6.04. The molecule has 0 spiro atoms. The molecular formula is C29H25N3O3. The number of furan rings is 1. The highest BCUT2D eigenvalue weighted by atomic mass is 16.3. The van der Waals surface area contributed by atoms with Crippen LogP contribution in [0.15, 0.2) is 108 Å². The number of benzene rings is 4. The maximum atomic E-state index is 13.0. The van der Waals surface area contributed by atoms with Crippen molar-refractivity contribution in [3.05, 3.63) is 109 Å². The highest BCUT2D eigenvalue weighted by Gasteiger charge is 2.18. The molecule has 0 saturated carbocycles. The van der Waals surface area contributed by atoms with Gasteiger partial charge >= 0.3 is 0 Å². The first-order chi connectivity index (χ1) is 17.2. The van der Waals surface area contributed by atoms with E-state index >= 15 is 0 Å². The van der Waals surface area contributed by atoms with Crippen LogP contribution in [0.3, 0.4) is 0 Å². The van der Waals surface area contributed by atoms with Gasteiger partial charge in [-0.2, -0.15) is 0 Å². The minimum absolute atomic E-state index is 0.0346. The topological polar surface area (TPSA) is 74.6 Å². The Hall–Kier alpha value is -4.42. The Morgan fingerprint density at radius 2 is 1.14 bits per heavy atom. The summed E-state index contributed by atoms with van der Waals surface area (Å²) in [6.45, 7) is 0.401. The standard InChI is InChI=1S/C29H25N3O3/c33-28(30-26-15-5-10-21-8-1-3-13-24(21)26)19-32(18-23-12-7-17-35-23)20-29(34)31-27-16-6-11-22-9-2-4-14-25(22)27/h1-17H,18-20H2,(H,30,33)(H,31,34). The molecule has 0 atom stereocenters. The largest absolute Gasteiger partial charge is 0.468 e. The first-order valence-electron chi connectivity index (χ1n) is 11.5. The Labute approximate surface area is 203 Å². The fourth-order valence-electron chi connectivity index (χ4n) is 4.25. The first kappa shape index (κ1) is 22.4. The summed E-state index contributed by atoms with van der Waals surface area (Å²) in [6, 6.07) is 31.0. The molecule has 174 valence electrons. The quantitative estimate of drug-likeness (QED) is 0.311. The number of amides is 2. The molecule has 4 aromatic carbocycles. The molecule has 6 heteroatoms. The van der Waals surface area contributed by atoms with Gasteiger partial charge in [-0.1, -0.05) is 72.8 Å². The third kappa shape index (κ3) is 5.39. The van der Waals surface area contributed by atoms with E-state index in [9.17, 15) is 9.59 Å². The Morgan fingerprint density at radius 3 is 1.66 bits per heavy atom. The van der Waals surface area contributed by atoms with Gasteiger partial charge in [0.05, 0.1) is 25.9 Å². The van der Waals surface area contributed by atoms with Crippen molar-refractivity contribution in [2.24, 2.45) is 0 Å². The molecule has 2 N–H and O–H groups in total. The van der Waals surface area contributed by atoms with Crippen molar-refractivity contribution in [1.82, 2.24) is 4.90 Å². The van der Waals surface area contributed by atoms with Crippen LogP contribution in [0.1, 0.15) is 5.76 Å². The van der Waals surface area contributed by atoms with Gasteiger partial charge in [0.25, 0.3) is 0 Å². The van der Waals surface area contributed by atoms with Crippen LogP contribution in [0.4, 0.5) is 11.4 Å². The summed E-state index contributed by atoms with van der Waals surface area (Å²) in [5.41, 5.74) is 1.48. The average molecular weight is 464 g/mol. The molecule has 5 rings (SSSR count). The van der Waals surface area contributed by atoms with Gasteiger partial charge in [-0.15, -0.1) is 0 Å². The maximum Gasteiger partial charge on any atom is 0.238 e.